The van der Waals surface area contributed by atoms with Crippen molar-refractivity contribution in [2.45, 2.75) is 31.5 Å². The van der Waals surface area contributed by atoms with Crippen LogP contribution in [0.25, 0.3) is 0 Å². The summed E-state index contributed by atoms with van der Waals surface area (Å²) in [5.74, 6) is 0. The largest absolute Gasteiger partial charge is 0.438 e. The Kier molecular flexibility index (Phi) is 3.87. The fraction of sp³-hybridized carbons (Fsp3) is 0.562. The lowest BCUT2D eigenvalue weighted by Gasteiger charge is -2.36. The van der Waals surface area contributed by atoms with Crippen LogP contribution in [0.15, 0.2) is 24.3 Å². The van der Waals surface area contributed by atoms with E-state index >= 15 is 0 Å². The molecule has 1 aromatic rings. The topological polar surface area (TPSA) is 61.8 Å². The molecule has 0 radical (unpaired) electrons. The summed E-state index contributed by atoms with van der Waals surface area (Å²) in [6, 6.07) is 8.30. The number of hydrogen-bond acceptors (Lipinski definition) is 4. The summed E-state index contributed by atoms with van der Waals surface area (Å²) in [5, 5.41) is 13.3. The van der Waals surface area contributed by atoms with Crippen LogP contribution in [0.1, 0.15) is 17.5 Å². The van der Waals surface area contributed by atoms with Gasteiger partial charge in [-0.25, -0.2) is 4.79 Å². The Bertz CT molecular complexity index is 534. The van der Waals surface area contributed by atoms with Gasteiger partial charge < -0.3 is 20.1 Å². The summed E-state index contributed by atoms with van der Waals surface area (Å²) >= 11 is 0. The van der Waals surface area contributed by atoms with Crippen LogP contribution in [0.3, 0.4) is 0 Å². The fourth-order valence-corrected chi connectivity index (χ4v) is 3.16. The van der Waals surface area contributed by atoms with Gasteiger partial charge in [-0.2, -0.15) is 0 Å². The maximum atomic E-state index is 12.1. The number of aliphatic hydroxyl groups excluding tert-OH is 1. The maximum absolute atomic E-state index is 12.1. The van der Waals surface area contributed by atoms with Crippen molar-refractivity contribution in [3.8, 4) is 0 Å². The van der Waals surface area contributed by atoms with Crippen molar-refractivity contribution in [2.75, 3.05) is 26.2 Å². The number of carbonyl (C=O) groups is 1. The van der Waals surface area contributed by atoms with Crippen LogP contribution >= 0.6 is 0 Å². The molecule has 0 aliphatic carbocycles. The van der Waals surface area contributed by atoms with Gasteiger partial charge in [0.1, 0.15) is 6.10 Å². The zero-order valence-corrected chi connectivity index (χ0v) is 12.3. The Labute approximate surface area is 124 Å². The molecule has 2 aliphatic rings. The first kappa shape index (κ1) is 14.4. The van der Waals surface area contributed by atoms with E-state index in [2.05, 4.69) is 30.4 Å². The standard InChI is InChI=1S/C16H22N2O3/c1-12-3-2-4-13(9-12)5-8-18-11-16(21-15(18)20)6-7-17-10-14(16)19/h2-4,9,14,17,19H,5-8,10-11H2,1H3/t14-,16-/m0/s1. The molecule has 5 heteroatoms. The average molecular weight is 290 g/mol. The van der Waals surface area contributed by atoms with Crippen LogP contribution in [-0.2, 0) is 11.2 Å². The molecule has 2 heterocycles. The first-order chi connectivity index (χ1) is 10.1. The van der Waals surface area contributed by atoms with E-state index < -0.39 is 11.7 Å². The third kappa shape index (κ3) is 2.89. The lowest BCUT2D eigenvalue weighted by molar-refractivity contribution is -0.0693. The molecule has 114 valence electrons. The number of rotatable bonds is 3. The zero-order valence-electron chi connectivity index (χ0n) is 12.3. The van der Waals surface area contributed by atoms with Gasteiger partial charge in [-0.1, -0.05) is 29.8 Å². The summed E-state index contributed by atoms with van der Waals surface area (Å²) in [6.07, 6.45) is 0.546. The van der Waals surface area contributed by atoms with Crippen LogP contribution in [0.2, 0.25) is 0 Å². The second-order valence-electron chi connectivity index (χ2n) is 6.06. The molecule has 0 aromatic heterocycles. The van der Waals surface area contributed by atoms with Crippen LogP contribution < -0.4 is 5.32 Å². The number of piperidine rings is 1. The van der Waals surface area contributed by atoms with Gasteiger partial charge in [0.15, 0.2) is 5.60 Å². The summed E-state index contributed by atoms with van der Waals surface area (Å²) < 4.78 is 5.52. The molecule has 2 saturated heterocycles. The third-order valence-corrected chi connectivity index (χ3v) is 4.43. The van der Waals surface area contributed by atoms with E-state index in [4.69, 9.17) is 4.74 Å². The molecule has 2 atom stereocenters. The minimum atomic E-state index is -0.713. The Morgan fingerprint density at radius 2 is 2.38 bits per heavy atom. The Morgan fingerprint density at radius 3 is 3.14 bits per heavy atom. The number of amides is 1. The van der Waals surface area contributed by atoms with Crippen molar-refractivity contribution >= 4 is 6.09 Å². The summed E-state index contributed by atoms with van der Waals surface area (Å²) in [5.41, 5.74) is 1.73. The number of nitrogens with zero attached hydrogens (tertiary/aromatic N) is 1. The minimum absolute atomic E-state index is 0.302. The number of aliphatic hydroxyl groups is 1. The van der Waals surface area contributed by atoms with Crippen molar-refractivity contribution in [3.63, 3.8) is 0 Å². The first-order valence-electron chi connectivity index (χ1n) is 7.51. The predicted octanol–water partition coefficient (Wildman–Crippen LogP) is 1.08. The lowest BCUT2D eigenvalue weighted by atomic mass is 9.89. The summed E-state index contributed by atoms with van der Waals surface area (Å²) in [4.78, 5) is 13.8. The van der Waals surface area contributed by atoms with E-state index in [1.807, 2.05) is 6.07 Å². The van der Waals surface area contributed by atoms with Crippen molar-refractivity contribution in [2.24, 2.45) is 0 Å². The van der Waals surface area contributed by atoms with Crippen molar-refractivity contribution < 1.29 is 14.6 Å². The summed E-state index contributed by atoms with van der Waals surface area (Å²) in [7, 11) is 0. The van der Waals surface area contributed by atoms with E-state index in [1.165, 1.54) is 11.1 Å². The van der Waals surface area contributed by atoms with Crippen molar-refractivity contribution in [1.29, 1.82) is 0 Å². The average Bonchev–Trinajstić information content (AvgIpc) is 2.77. The number of β-amino-alcohol motifs (C(OH)–C–C–N with tert-alkyl or cyclic N) is 1. The van der Waals surface area contributed by atoms with Gasteiger partial charge in [0.25, 0.3) is 0 Å². The maximum Gasteiger partial charge on any atom is 0.410 e. The fourth-order valence-electron chi connectivity index (χ4n) is 3.16. The minimum Gasteiger partial charge on any atom is -0.438 e. The summed E-state index contributed by atoms with van der Waals surface area (Å²) in [6.45, 7) is 4.44. The molecule has 2 aliphatic heterocycles. The number of ether oxygens (including phenoxy) is 1. The predicted molar refractivity (Wildman–Crippen MR) is 79.2 cm³/mol. The van der Waals surface area contributed by atoms with Gasteiger partial charge in [0.2, 0.25) is 0 Å². The molecule has 0 unspecified atom stereocenters. The highest BCUT2D eigenvalue weighted by Crippen LogP contribution is 2.31. The highest BCUT2D eigenvalue weighted by Gasteiger charge is 2.51. The second-order valence-corrected chi connectivity index (χ2v) is 6.06. The molecule has 1 aromatic carbocycles. The molecule has 21 heavy (non-hydrogen) atoms. The van der Waals surface area contributed by atoms with E-state index in [9.17, 15) is 9.90 Å². The van der Waals surface area contributed by atoms with Crippen molar-refractivity contribution in [3.05, 3.63) is 35.4 Å². The number of carbonyl (C=O) groups excluding carboxylic acids is 1. The second kappa shape index (κ2) is 5.66. The number of aryl methyl sites for hydroxylation is 1. The SMILES string of the molecule is Cc1cccc(CCN2C[C@]3(CCNC[C@@H]3O)OC2=O)c1. The molecule has 3 rings (SSSR count). The molecule has 0 bridgehead atoms. The number of nitrogens with one attached hydrogen (secondary N) is 1. The molecular weight excluding hydrogens is 268 g/mol. The Hall–Kier alpha value is -1.59. The van der Waals surface area contributed by atoms with Gasteiger partial charge in [0.05, 0.1) is 6.54 Å². The highest BCUT2D eigenvalue weighted by molar-refractivity contribution is 5.71. The zero-order chi connectivity index (χ0) is 14.9. The quantitative estimate of drug-likeness (QED) is 0.874. The number of hydrogen-bond donors (Lipinski definition) is 2. The normalized spacial score (nSPS) is 29.0. The van der Waals surface area contributed by atoms with Gasteiger partial charge in [-0.05, 0) is 25.5 Å². The van der Waals surface area contributed by atoms with Crippen LogP contribution in [-0.4, -0.2) is 54.0 Å². The van der Waals surface area contributed by atoms with Gasteiger partial charge >= 0.3 is 6.09 Å². The molecular formula is C16H22N2O3. The van der Waals surface area contributed by atoms with Gasteiger partial charge in [0, 0.05) is 19.5 Å². The lowest BCUT2D eigenvalue weighted by Crippen LogP contribution is -2.56. The van der Waals surface area contributed by atoms with E-state index in [-0.39, 0.29) is 6.09 Å². The molecule has 2 N–H and O–H groups in total. The third-order valence-electron chi connectivity index (χ3n) is 4.43. The monoisotopic (exact) mass is 290 g/mol. The molecule has 1 spiro atoms. The van der Waals surface area contributed by atoms with E-state index in [0.29, 0.717) is 26.1 Å². The van der Waals surface area contributed by atoms with Crippen LogP contribution in [0.4, 0.5) is 4.79 Å². The van der Waals surface area contributed by atoms with Gasteiger partial charge in [-0.15, -0.1) is 0 Å². The van der Waals surface area contributed by atoms with E-state index in [0.717, 1.165) is 13.0 Å². The van der Waals surface area contributed by atoms with Gasteiger partial charge in [-0.3, -0.25) is 0 Å². The Balaban J connectivity index is 1.63. The smallest absolute Gasteiger partial charge is 0.410 e. The molecule has 1 amide bonds. The highest BCUT2D eigenvalue weighted by atomic mass is 16.6. The first-order valence-corrected chi connectivity index (χ1v) is 7.51. The van der Waals surface area contributed by atoms with Crippen LogP contribution in [0, 0.1) is 6.92 Å². The van der Waals surface area contributed by atoms with Crippen molar-refractivity contribution in [1.82, 2.24) is 10.2 Å². The van der Waals surface area contributed by atoms with Crippen LogP contribution in [0.5, 0.6) is 0 Å². The molecule has 0 saturated carbocycles. The molecule has 2 fully saturated rings. The van der Waals surface area contributed by atoms with E-state index in [1.54, 1.807) is 4.90 Å². The molecule has 5 nitrogen and oxygen atoms in total. The Morgan fingerprint density at radius 1 is 1.52 bits per heavy atom. The number of benzene rings is 1.